The van der Waals surface area contributed by atoms with E-state index in [9.17, 15) is 14.7 Å². The first-order valence-electron chi connectivity index (χ1n) is 10.0. The lowest BCUT2D eigenvalue weighted by atomic mass is 9.44. The highest BCUT2D eigenvalue weighted by atomic mass is 16.6. The Labute approximate surface area is 164 Å². The summed E-state index contributed by atoms with van der Waals surface area (Å²) in [7, 11) is 0. The van der Waals surface area contributed by atoms with Gasteiger partial charge < -0.3 is 19.0 Å². The van der Waals surface area contributed by atoms with Crippen LogP contribution in [0.1, 0.15) is 57.6 Å². The second-order valence-electron chi connectivity index (χ2n) is 8.72. The van der Waals surface area contributed by atoms with Gasteiger partial charge in [-0.3, -0.25) is 9.59 Å². The van der Waals surface area contributed by atoms with Crippen LogP contribution in [-0.4, -0.2) is 29.8 Å². The summed E-state index contributed by atoms with van der Waals surface area (Å²) in [6.45, 7) is 7.70. The second kappa shape index (κ2) is 6.76. The summed E-state index contributed by atoms with van der Waals surface area (Å²) in [5, 5.41) is 11.2. The molecule has 1 N–H and O–H groups in total. The maximum absolute atomic E-state index is 13.3. The maximum atomic E-state index is 13.3. The van der Waals surface area contributed by atoms with Crippen LogP contribution in [0.4, 0.5) is 0 Å². The molecule has 1 aromatic heterocycles. The molecule has 6 nitrogen and oxygen atoms in total. The van der Waals surface area contributed by atoms with Crippen molar-refractivity contribution in [3.05, 3.63) is 36.3 Å². The second-order valence-corrected chi connectivity index (χ2v) is 8.72. The Morgan fingerprint density at radius 2 is 2.25 bits per heavy atom. The molecule has 2 aliphatic carbocycles. The molecule has 1 aromatic rings. The Morgan fingerprint density at radius 3 is 2.93 bits per heavy atom. The Bertz CT molecular complexity index is 783. The Balaban J connectivity index is 1.78. The molecule has 1 saturated heterocycles. The minimum atomic E-state index is -0.805. The number of ether oxygens (including phenoxy) is 2. The topological polar surface area (TPSA) is 86.0 Å². The van der Waals surface area contributed by atoms with Crippen molar-refractivity contribution < 1.29 is 28.6 Å². The summed E-state index contributed by atoms with van der Waals surface area (Å²) in [4.78, 5) is 24.9. The van der Waals surface area contributed by atoms with Crippen LogP contribution in [0, 0.1) is 22.7 Å². The van der Waals surface area contributed by atoms with Gasteiger partial charge in [0.1, 0.15) is 12.7 Å². The summed E-state index contributed by atoms with van der Waals surface area (Å²) in [5.41, 5.74) is 0.193. The molecule has 0 radical (unpaired) electrons. The molecule has 6 atom stereocenters. The molecular formula is C22H28O6. The van der Waals surface area contributed by atoms with E-state index < -0.39 is 22.9 Å². The zero-order chi connectivity index (χ0) is 20.1. The Hall–Kier alpha value is -2.08. The number of aliphatic hydroxyl groups is 1. The van der Waals surface area contributed by atoms with Crippen molar-refractivity contribution in [1.82, 2.24) is 0 Å². The number of furan rings is 1. The van der Waals surface area contributed by atoms with E-state index in [2.05, 4.69) is 6.58 Å². The fraction of sp³-hybridized carbons (Fsp3) is 0.636. The largest absolute Gasteiger partial charge is 0.472 e. The van der Waals surface area contributed by atoms with Gasteiger partial charge in [0.2, 0.25) is 0 Å². The lowest BCUT2D eigenvalue weighted by Gasteiger charge is -2.59. The number of hydrogen-bond donors (Lipinski definition) is 1. The summed E-state index contributed by atoms with van der Waals surface area (Å²) >= 11 is 0. The van der Waals surface area contributed by atoms with Crippen molar-refractivity contribution in [2.75, 3.05) is 6.61 Å². The van der Waals surface area contributed by atoms with Crippen molar-refractivity contribution in [2.24, 2.45) is 22.7 Å². The first-order valence-corrected chi connectivity index (χ1v) is 10.0. The number of aliphatic hydroxyl groups excluding tert-OH is 1. The average Bonchev–Trinajstić information content (AvgIpc) is 3.28. The van der Waals surface area contributed by atoms with Gasteiger partial charge in [0, 0.05) is 18.9 Å². The predicted molar refractivity (Wildman–Crippen MR) is 99.9 cm³/mol. The summed E-state index contributed by atoms with van der Waals surface area (Å²) < 4.78 is 16.5. The van der Waals surface area contributed by atoms with Gasteiger partial charge in [-0.2, -0.15) is 0 Å². The summed E-state index contributed by atoms with van der Waals surface area (Å²) in [6.07, 6.45) is 5.56. The number of rotatable bonds is 3. The third kappa shape index (κ3) is 2.57. The standard InChI is InChI=1S/C22H28O6/c1-13-5-4-6-18-21(10-17(28-20(21)25)16-7-8-26-11-16)14(2)9-19(24)22(13,18)12-27-15(3)23/h7-8,11,14,17-19,24H,1,4-6,9-10,12H2,2-3H3/t14-,17+,18-,19+,21-,22+/m1/s1. The number of carbonyl (C=O) groups excluding carboxylic acids is 2. The van der Waals surface area contributed by atoms with Gasteiger partial charge in [-0.15, -0.1) is 0 Å². The predicted octanol–water partition coefficient (Wildman–Crippen LogP) is 3.56. The fourth-order valence-electron chi connectivity index (χ4n) is 6.06. The van der Waals surface area contributed by atoms with Gasteiger partial charge in [0.05, 0.1) is 29.5 Å². The van der Waals surface area contributed by atoms with Gasteiger partial charge in [-0.25, -0.2) is 0 Å². The molecule has 0 bridgehead atoms. The van der Waals surface area contributed by atoms with E-state index in [-0.39, 0.29) is 30.5 Å². The molecule has 1 aliphatic heterocycles. The molecule has 3 aliphatic rings. The first-order chi connectivity index (χ1) is 13.3. The zero-order valence-corrected chi connectivity index (χ0v) is 16.5. The third-order valence-corrected chi connectivity index (χ3v) is 7.51. The van der Waals surface area contributed by atoms with Crippen LogP contribution in [0.15, 0.2) is 35.2 Å². The SMILES string of the molecule is C=C1CCC[C@@H]2[C@@]3(C[C@@H](c4ccoc4)OC3=O)[C@H](C)C[C@H](O)[C@@]12COC(C)=O. The highest BCUT2D eigenvalue weighted by Gasteiger charge is 2.68. The highest BCUT2D eigenvalue weighted by Crippen LogP contribution is 2.66. The lowest BCUT2D eigenvalue weighted by molar-refractivity contribution is -0.186. The van der Waals surface area contributed by atoms with Gasteiger partial charge in [0.25, 0.3) is 0 Å². The number of carbonyl (C=O) groups is 2. The van der Waals surface area contributed by atoms with Crippen LogP contribution >= 0.6 is 0 Å². The molecule has 4 rings (SSSR count). The number of fused-ring (bicyclic) bond motifs is 2. The van der Waals surface area contributed by atoms with Gasteiger partial charge in [-0.1, -0.05) is 19.1 Å². The highest BCUT2D eigenvalue weighted by molar-refractivity contribution is 5.81. The molecule has 152 valence electrons. The van der Waals surface area contributed by atoms with Gasteiger partial charge >= 0.3 is 11.9 Å². The van der Waals surface area contributed by atoms with E-state index in [0.717, 1.165) is 30.4 Å². The molecule has 3 fully saturated rings. The van der Waals surface area contributed by atoms with E-state index in [1.165, 1.54) is 6.92 Å². The quantitative estimate of drug-likeness (QED) is 0.629. The van der Waals surface area contributed by atoms with Gasteiger partial charge in [-0.05, 0) is 43.6 Å². The normalized spacial score (nSPS) is 40.2. The molecule has 28 heavy (non-hydrogen) atoms. The molecule has 0 aromatic carbocycles. The van der Waals surface area contributed by atoms with Crippen LogP contribution in [0.5, 0.6) is 0 Å². The average molecular weight is 388 g/mol. The van der Waals surface area contributed by atoms with E-state index in [1.807, 2.05) is 13.0 Å². The van der Waals surface area contributed by atoms with Crippen LogP contribution in [0.3, 0.4) is 0 Å². The zero-order valence-electron chi connectivity index (χ0n) is 16.5. The lowest BCUT2D eigenvalue weighted by Crippen LogP contribution is -2.62. The molecule has 2 heterocycles. The van der Waals surface area contributed by atoms with Crippen LogP contribution in [0.25, 0.3) is 0 Å². The smallest absolute Gasteiger partial charge is 0.313 e. The van der Waals surface area contributed by atoms with Crippen LogP contribution in [-0.2, 0) is 19.1 Å². The van der Waals surface area contributed by atoms with E-state index in [4.69, 9.17) is 13.9 Å². The third-order valence-electron chi connectivity index (χ3n) is 7.51. The Kier molecular flexibility index (Phi) is 4.65. The van der Waals surface area contributed by atoms with Crippen molar-refractivity contribution in [3.63, 3.8) is 0 Å². The monoisotopic (exact) mass is 388 g/mol. The van der Waals surface area contributed by atoms with E-state index >= 15 is 0 Å². The Morgan fingerprint density at radius 1 is 1.46 bits per heavy atom. The van der Waals surface area contributed by atoms with E-state index in [1.54, 1.807) is 12.5 Å². The molecule has 1 spiro atoms. The molecule has 0 unspecified atom stereocenters. The van der Waals surface area contributed by atoms with Gasteiger partial charge in [0.15, 0.2) is 0 Å². The summed E-state index contributed by atoms with van der Waals surface area (Å²) in [5.74, 6) is -0.835. The van der Waals surface area contributed by atoms with Crippen molar-refractivity contribution in [3.8, 4) is 0 Å². The molecule has 6 heteroatoms. The van der Waals surface area contributed by atoms with Crippen molar-refractivity contribution in [2.45, 2.75) is 58.2 Å². The van der Waals surface area contributed by atoms with Crippen LogP contribution in [0.2, 0.25) is 0 Å². The number of hydrogen-bond acceptors (Lipinski definition) is 6. The molecule has 2 saturated carbocycles. The van der Waals surface area contributed by atoms with Crippen molar-refractivity contribution >= 4 is 11.9 Å². The van der Waals surface area contributed by atoms with E-state index in [0.29, 0.717) is 12.8 Å². The number of esters is 2. The minimum absolute atomic E-state index is 0.0479. The molecule has 0 amide bonds. The summed E-state index contributed by atoms with van der Waals surface area (Å²) in [6, 6.07) is 1.82. The molecular weight excluding hydrogens is 360 g/mol. The number of cyclic esters (lactones) is 1. The fourth-order valence-corrected chi connectivity index (χ4v) is 6.06. The van der Waals surface area contributed by atoms with Crippen LogP contribution < -0.4 is 0 Å². The van der Waals surface area contributed by atoms with Crippen molar-refractivity contribution in [1.29, 1.82) is 0 Å². The maximum Gasteiger partial charge on any atom is 0.313 e. The first kappa shape index (κ1) is 19.2. The minimum Gasteiger partial charge on any atom is -0.472 e.